The topological polar surface area (TPSA) is 205 Å². The predicted octanol–water partition coefficient (Wildman–Crippen LogP) is 3.53. The molecule has 0 unspecified atom stereocenters. The summed E-state index contributed by atoms with van der Waals surface area (Å²) in [5.74, 6) is 0.447. The van der Waals surface area contributed by atoms with E-state index in [1.54, 1.807) is 0 Å². The molecule has 2 aliphatic heterocycles. The van der Waals surface area contributed by atoms with E-state index in [9.17, 15) is 40.5 Å². The van der Waals surface area contributed by atoms with Crippen molar-refractivity contribution in [2.24, 2.45) is 45.3 Å². The van der Waals surface area contributed by atoms with Gasteiger partial charge in [-0.1, -0.05) is 57.9 Å². The Hall–Kier alpha value is -1.49. The minimum Gasteiger partial charge on any atom is -0.463 e. The fourth-order valence-corrected chi connectivity index (χ4v) is 13.1. The van der Waals surface area contributed by atoms with Crippen molar-refractivity contribution in [3.05, 3.63) is 23.3 Å². The Bertz CT molecular complexity index is 1500. The lowest BCUT2D eigenvalue weighted by molar-refractivity contribution is -0.378. The number of esters is 1. The summed E-state index contributed by atoms with van der Waals surface area (Å²) in [5.41, 5.74) is 2.21. The van der Waals surface area contributed by atoms with Crippen molar-refractivity contribution < 1.29 is 64.2 Å². The Balaban J connectivity index is 1.22. The minimum absolute atomic E-state index is 0.0135. The molecule has 4 saturated carbocycles. The molecule has 0 aromatic heterocycles. The van der Waals surface area contributed by atoms with Gasteiger partial charge in [0.2, 0.25) is 0 Å². The highest BCUT2D eigenvalue weighted by molar-refractivity contribution is 5.65. The molecule has 2 heterocycles. The number of carbonyl (C=O) groups is 1. The van der Waals surface area contributed by atoms with Crippen LogP contribution in [0.1, 0.15) is 114 Å². The molecule has 6 aliphatic rings. The van der Waals surface area contributed by atoms with Gasteiger partial charge in [0.15, 0.2) is 12.6 Å². The fourth-order valence-electron chi connectivity index (χ4n) is 13.1. The summed E-state index contributed by atoms with van der Waals surface area (Å²) in [5, 5.41) is 76.6. The summed E-state index contributed by atoms with van der Waals surface area (Å²) >= 11 is 0. The van der Waals surface area contributed by atoms with Crippen LogP contribution in [-0.4, -0.2) is 129 Å². The largest absolute Gasteiger partial charge is 0.463 e. The summed E-state index contributed by atoms with van der Waals surface area (Å²) in [6.45, 7) is 18.5. The number of hydrogen-bond donors (Lipinski definition) is 7. The molecule has 0 spiro atoms. The van der Waals surface area contributed by atoms with Crippen LogP contribution in [0.4, 0.5) is 0 Å². The Morgan fingerprint density at radius 1 is 0.719 bits per heavy atom. The lowest BCUT2D eigenvalue weighted by Crippen LogP contribution is -2.67. The van der Waals surface area contributed by atoms with Gasteiger partial charge in [0.25, 0.3) is 0 Å². The van der Waals surface area contributed by atoms with Gasteiger partial charge < -0.3 is 59.4 Å². The van der Waals surface area contributed by atoms with E-state index in [2.05, 4.69) is 67.5 Å². The van der Waals surface area contributed by atoms with Crippen LogP contribution in [0.2, 0.25) is 0 Å². The molecule has 7 N–H and O–H groups in total. The Kier molecular flexibility index (Phi) is 13.2. The van der Waals surface area contributed by atoms with E-state index in [4.69, 9.17) is 23.7 Å². The summed E-state index contributed by atoms with van der Waals surface area (Å²) in [6.07, 6.45) is -4.05. The minimum atomic E-state index is -1.78. The third-order valence-electron chi connectivity index (χ3n) is 16.4. The SMILES string of the molecule is CC(=O)OC[C@H]1O[C@@H](O[C@H]2[C@H](O[C@H]3CC[C@]4(C)[C@H]5C[C@@H](O)[C@@H]6[C@@H](/C(C)=C/CC=C(C)C)CC[C@@]6(C)[C@]5(C)CC[C@H]4C3(C)C)O[C@H](CO)[C@@H](O)[C@@H]2O)[C@H](O)[C@@H](O)[C@@H]1O. The van der Waals surface area contributed by atoms with E-state index in [-0.39, 0.29) is 28.1 Å². The molecule has 0 aromatic rings. The number of carbonyl (C=O) groups excluding carboxylic acids is 1. The smallest absolute Gasteiger partial charge is 0.302 e. The number of aliphatic hydroxyl groups excluding tert-OH is 7. The number of allylic oxidation sites excluding steroid dienone is 4. The normalized spacial score (nSPS) is 49.6. The quantitative estimate of drug-likeness (QED) is 0.0961. The molecule has 4 aliphatic carbocycles. The van der Waals surface area contributed by atoms with Crippen LogP contribution in [-0.2, 0) is 28.5 Å². The third-order valence-corrected chi connectivity index (χ3v) is 16.4. The molecule has 19 atom stereocenters. The standard InChI is InChI=1S/C44H72O13/c1-22(2)11-10-12-23(3)25-13-17-44(9)32(25)26(47)19-30-42(7)16-15-31(41(5,6)29(42)14-18-43(30,44)8)56-40-38(36(51)33(48)27(20-45)54-40)57-39-37(52)35(50)34(49)28(55-39)21-53-24(4)46/h11-12,25-40,45,47-52H,10,13-21H2,1-9H3/b23-12+/t25-,26-,27-,28-,29+,30-,31+,32+,33-,34-,35+,36+,37-,38-,39+,40+,42+,43-,44-/m1/s1. The van der Waals surface area contributed by atoms with Gasteiger partial charge >= 0.3 is 5.97 Å². The van der Waals surface area contributed by atoms with Gasteiger partial charge in [0, 0.05) is 6.92 Å². The summed E-state index contributed by atoms with van der Waals surface area (Å²) < 4.78 is 29.7. The summed E-state index contributed by atoms with van der Waals surface area (Å²) in [4.78, 5) is 11.5. The van der Waals surface area contributed by atoms with Crippen molar-refractivity contribution >= 4 is 5.97 Å². The Morgan fingerprint density at radius 2 is 1.37 bits per heavy atom. The third kappa shape index (κ3) is 7.83. The molecule has 0 radical (unpaired) electrons. The first-order valence-electron chi connectivity index (χ1n) is 21.4. The van der Waals surface area contributed by atoms with Crippen LogP contribution in [0.3, 0.4) is 0 Å². The van der Waals surface area contributed by atoms with Gasteiger partial charge in [-0.25, -0.2) is 0 Å². The second-order valence-corrected chi connectivity index (χ2v) is 20.0. The highest BCUT2D eigenvalue weighted by Gasteiger charge is 2.70. The maximum Gasteiger partial charge on any atom is 0.302 e. The molecule has 6 fully saturated rings. The average Bonchev–Trinajstić information content (AvgIpc) is 3.52. The predicted molar refractivity (Wildman–Crippen MR) is 209 cm³/mol. The van der Waals surface area contributed by atoms with Crippen LogP contribution >= 0.6 is 0 Å². The highest BCUT2D eigenvalue weighted by atomic mass is 16.8. The molecule has 0 amide bonds. The molecule has 326 valence electrons. The van der Waals surface area contributed by atoms with E-state index in [1.165, 1.54) is 18.1 Å². The lowest BCUT2D eigenvalue weighted by atomic mass is 9.35. The molecule has 2 saturated heterocycles. The van der Waals surface area contributed by atoms with Crippen molar-refractivity contribution in [2.45, 2.75) is 187 Å². The van der Waals surface area contributed by atoms with E-state index in [0.29, 0.717) is 18.3 Å². The molecule has 13 nitrogen and oxygen atoms in total. The summed E-state index contributed by atoms with van der Waals surface area (Å²) in [7, 11) is 0. The first-order valence-corrected chi connectivity index (χ1v) is 21.4. The van der Waals surface area contributed by atoms with Gasteiger partial charge in [0.1, 0.15) is 55.4 Å². The number of aliphatic hydroxyl groups is 7. The molecule has 6 rings (SSSR count). The van der Waals surface area contributed by atoms with Crippen molar-refractivity contribution in [1.29, 1.82) is 0 Å². The van der Waals surface area contributed by atoms with Crippen molar-refractivity contribution in [3.63, 3.8) is 0 Å². The zero-order chi connectivity index (χ0) is 42.0. The van der Waals surface area contributed by atoms with Crippen LogP contribution < -0.4 is 0 Å². The van der Waals surface area contributed by atoms with Crippen molar-refractivity contribution in [1.82, 2.24) is 0 Å². The maximum atomic E-state index is 12.2. The highest BCUT2D eigenvalue weighted by Crippen LogP contribution is 2.75. The van der Waals surface area contributed by atoms with E-state index in [0.717, 1.165) is 44.9 Å². The monoisotopic (exact) mass is 808 g/mol. The Labute approximate surface area is 338 Å². The second kappa shape index (κ2) is 16.8. The first kappa shape index (κ1) is 45.0. The zero-order valence-corrected chi connectivity index (χ0v) is 35.5. The van der Waals surface area contributed by atoms with Gasteiger partial charge in [-0.2, -0.15) is 0 Å². The number of ether oxygens (including phenoxy) is 5. The van der Waals surface area contributed by atoms with Crippen LogP contribution in [0.5, 0.6) is 0 Å². The first-order chi connectivity index (χ1) is 26.6. The van der Waals surface area contributed by atoms with Gasteiger partial charge in [-0.05, 0) is 117 Å². The van der Waals surface area contributed by atoms with Gasteiger partial charge in [-0.3, -0.25) is 4.79 Å². The molecule has 57 heavy (non-hydrogen) atoms. The van der Waals surface area contributed by atoms with Crippen molar-refractivity contribution in [2.75, 3.05) is 13.2 Å². The molecular formula is C44H72O13. The maximum absolute atomic E-state index is 12.2. The van der Waals surface area contributed by atoms with E-state index < -0.39 is 98.2 Å². The van der Waals surface area contributed by atoms with Gasteiger partial charge in [0.05, 0.1) is 18.8 Å². The second-order valence-electron chi connectivity index (χ2n) is 20.0. The molecule has 13 heteroatoms. The zero-order valence-electron chi connectivity index (χ0n) is 35.5. The number of hydrogen-bond acceptors (Lipinski definition) is 13. The fraction of sp³-hybridized carbons (Fsp3) is 0.886. The Morgan fingerprint density at radius 3 is 2.02 bits per heavy atom. The van der Waals surface area contributed by atoms with Crippen LogP contribution in [0, 0.1) is 45.3 Å². The van der Waals surface area contributed by atoms with Crippen LogP contribution in [0.15, 0.2) is 23.3 Å². The molecule has 0 bridgehead atoms. The van der Waals surface area contributed by atoms with Gasteiger partial charge in [-0.15, -0.1) is 0 Å². The lowest BCUT2D eigenvalue weighted by Gasteiger charge is -2.70. The average molecular weight is 809 g/mol. The summed E-state index contributed by atoms with van der Waals surface area (Å²) in [6, 6.07) is 0. The van der Waals surface area contributed by atoms with Crippen LogP contribution in [0.25, 0.3) is 0 Å². The van der Waals surface area contributed by atoms with Crippen molar-refractivity contribution in [3.8, 4) is 0 Å². The van der Waals surface area contributed by atoms with E-state index >= 15 is 0 Å². The molecule has 0 aromatic carbocycles. The number of fused-ring (bicyclic) bond motifs is 5. The number of rotatable bonds is 10. The molecular weight excluding hydrogens is 736 g/mol. The van der Waals surface area contributed by atoms with E-state index in [1.807, 2.05) is 0 Å².